The van der Waals surface area contributed by atoms with E-state index < -0.39 is 53.8 Å². The summed E-state index contributed by atoms with van der Waals surface area (Å²) in [7, 11) is 0. The van der Waals surface area contributed by atoms with Crippen LogP contribution in [0.2, 0.25) is 0 Å². The molecule has 38 heavy (non-hydrogen) atoms. The molecule has 0 aromatic heterocycles. The Morgan fingerprint density at radius 3 is 1.82 bits per heavy atom. The molecule has 4 unspecified atom stereocenters. The molecule has 0 fully saturated rings. The molecule has 0 aromatic rings. The zero-order valence-corrected chi connectivity index (χ0v) is 22.3. The lowest BCUT2D eigenvalue weighted by Gasteiger charge is -2.25. The highest BCUT2D eigenvalue weighted by molar-refractivity contribution is 5.94. The van der Waals surface area contributed by atoms with Gasteiger partial charge in [0.2, 0.25) is 23.6 Å². The van der Waals surface area contributed by atoms with Crippen molar-refractivity contribution in [3.05, 3.63) is 0 Å². The van der Waals surface area contributed by atoms with Crippen LogP contribution in [0.1, 0.15) is 65.2 Å². The molecule has 0 aromatic carbocycles. The molecule has 0 aliphatic heterocycles. The average molecular weight is 544 g/mol. The summed E-state index contributed by atoms with van der Waals surface area (Å²) in [6.07, 6.45) is 1.59. The second-order valence-electron chi connectivity index (χ2n) is 9.50. The number of aliphatic imine (C=N–C) groups is 1. The number of rotatable bonds is 20. The van der Waals surface area contributed by atoms with Crippen LogP contribution in [0.4, 0.5) is 0 Å². The first kappa shape index (κ1) is 34.5. The topological polar surface area (TPSA) is 284 Å². The van der Waals surface area contributed by atoms with Crippen LogP contribution in [0.5, 0.6) is 0 Å². The van der Waals surface area contributed by atoms with Gasteiger partial charge in [-0.2, -0.15) is 0 Å². The van der Waals surface area contributed by atoms with Crippen molar-refractivity contribution in [3.63, 3.8) is 0 Å². The van der Waals surface area contributed by atoms with Crippen LogP contribution in [-0.2, 0) is 24.0 Å². The zero-order valence-electron chi connectivity index (χ0n) is 22.3. The normalized spacial score (nSPS) is 14.0. The van der Waals surface area contributed by atoms with E-state index in [0.717, 1.165) is 0 Å². The summed E-state index contributed by atoms with van der Waals surface area (Å²) < 4.78 is 0. The van der Waals surface area contributed by atoms with Crippen LogP contribution < -0.4 is 44.6 Å². The van der Waals surface area contributed by atoms with E-state index in [9.17, 15) is 29.1 Å². The quantitative estimate of drug-likeness (QED) is 0.0436. The Bertz CT molecular complexity index is 817. The van der Waals surface area contributed by atoms with Gasteiger partial charge in [-0.1, -0.05) is 13.8 Å². The van der Waals surface area contributed by atoms with Crippen LogP contribution in [0.3, 0.4) is 0 Å². The molecule has 0 aliphatic rings. The van der Waals surface area contributed by atoms with Crippen molar-refractivity contribution in [2.24, 2.45) is 39.6 Å². The van der Waals surface area contributed by atoms with E-state index in [1.165, 1.54) is 0 Å². The Balaban J connectivity index is 5.67. The summed E-state index contributed by atoms with van der Waals surface area (Å²) >= 11 is 0. The number of nitrogens with zero attached hydrogens (tertiary/aromatic N) is 1. The first-order valence-electron chi connectivity index (χ1n) is 12.7. The van der Waals surface area contributed by atoms with E-state index in [2.05, 4.69) is 20.9 Å². The number of aliphatic carboxylic acids is 1. The Kier molecular flexibility index (Phi) is 17.0. The number of nitrogens with two attached hydrogens (primary N) is 5. The van der Waals surface area contributed by atoms with Crippen LogP contribution >= 0.6 is 0 Å². The number of carbonyl (C=O) groups excluding carboxylic acids is 4. The lowest BCUT2D eigenvalue weighted by atomic mass is 10.0. The maximum absolute atomic E-state index is 13.1. The van der Waals surface area contributed by atoms with Gasteiger partial charge in [0.1, 0.15) is 18.1 Å². The minimum Gasteiger partial charge on any atom is -0.480 e. The van der Waals surface area contributed by atoms with Gasteiger partial charge in [-0.05, 0) is 57.4 Å². The molecule has 0 radical (unpaired) electrons. The third-order valence-electron chi connectivity index (χ3n) is 5.51. The molecule has 14 N–H and O–H groups in total. The van der Waals surface area contributed by atoms with E-state index in [0.29, 0.717) is 25.8 Å². The van der Waals surface area contributed by atoms with Crippen molar-refractivity contribution >= 4 is 35.6 Å². The first-order valence-corrected chi connectivity index (χ1v) is 12.7. The number of nitrogens with one attached hydrogen (secondary N) is 3. The van der Waals surface area contributed by atoms with Crippen molar-refractivity contribution in [2.45, 2.75) is 89.4 Å². The second-order valence-corrected chi connectivity index (χ2v) is 9.50. The first-order chi connectivity index (χ1) is 17.8. The number of carbonyl (C=O) groups is 5. The number of amides is 4. The van der Waals surface area contributed by atoms with Crippen molar-refractivity contribution in [3.8, 4) is 0 Å². The highest BCUT2D eigenvalue weighted by Gasteiger charge is 2.30. The number of guanidine groups is 1. The van der Waals surface area contributed by atoms with Crippen molar-refractivity contribution < 1.29 is 29.1 Å². The molecule has 218 valence electrons. The Morgan fingerprint density at radius 2 is 1.32 bits per heavy atom. The summed E-state index contributed by atoms with van der Waals surface area (Å²) in [5.41, 5.74) is 27.2. The fraction of sp³-hybridized carbons (Fsp3) is 0.739. The van der Waals surface area contributed by atoms with Gasteiger partial charge < -0.3 is 49.7 Å². The second kappa shape index (κ2) is 18.7. The maximum atomic E-state index is 13.1. The summed E-state index contributed by atoms with van der Waals surface area (Å²) in [5, 5.41) is 17.0. The fourth-order valence-electron chi connectivity index (χ4n) is 3.52. The number of hydrogen-bond acceptors (Lipinski definition) is 8. The fourth-order valence-corrected chi connectivity index (χ4v) is 3.52. The number of hydrogen-bond donors (Lipinski definition) is 9. The van der Waals surface area contributed by atoms with Crippen LogP contribution in [-0.4, -0.2) is 77.9 Å². The van der Waals surface area contributed by atoms with Crippen molar-refractivity contribution in [1.29, 1.82) is 0 Å². The van der Waals surface area contributed by atoms with Gasteiger partial charge in [-0.15, -0.1) is 0 Å². The zero-order chi connectivity index (χ0) is 29.3. The maximum Gasteiger partial charge on any atom is 0.326 e. The third kappa shape index (κ3) is 15.6. The van der Waals surface area contributed by atoms with Crippen molar-refractivity contribution in [2.75, 3.05) is 13.1 Å². The Morgan fingerprint density at radius 1 is 0.789 bits per heavy atom. The summed E-state index contributed by atoms with van der Waals surface area (Å²) in [6.45, 7) is 4.31. The molecule has 4 amide bonds. The molecular formula is C23H45N9O6. The largest absolute Gasteiger partial charge is 0.480 e. The van der Waals surface area contributed by atoms with Crippen LogP contribution in [0, 0.1) is 5.92 Å². The lowest BCUT2D eigenvalue weighted by molar-refractivity contribution is -0.142. The summed E-state index contributed by atoms with van der Waals surface area (Å²) in [6, 6.07) is -4.46. The number of carboxylic acids is 1. The van der Waals surface area contributed by atoms with Gasteiger partial charge in [0.05, 0.1) is 6.04 Å². The van der Waals surface area contributed by atoms with Gasteiger partial charge in [0.15, 0.2) is 5.96 Å². The number of unbranched alkanes of at least 4 members (excludes halogenated alkanes) is 1. The molecule has 15 heteroatoms. The standard InChI is InChI=1S/C23H45N9O6/c1-13(2)12-14(25)19(34)30-16(8-9-18(26)33)21(36)31-15(7-5-11-29-23(27)28)20(35)32-17(22(37)38)6-3-4-10-24/h13-17H,3-12,24-25H2,1-2H3,(H2,26,33)(H,30,34)(H,31,36)(H,32,35)(H,37,38)(H4,27,28,29). The SMILES string of the molecule is CC(C)CC(N)C(=O)NC(CCC(N)=O)C(=O)NC(CCCN=C(N)N)C(=O)NC(CCCCN)C(=O)O. The third-order valence-corrected chi connectivity index (χ3v) is 5.51. The molecule has 15 nitrogen and oxygen atoms in total. The van der Waals surface area contributed by atoms with Gasteiger partial charge in [0.25, 0.3) is 0 Å². The van der Waals surface area contributed by atoms with Crippen LogP contribution in [0.25, 0.3) is 0 Å². The minimum absolute atomic E-state index is 0.0623. The van der Waals surface area contributed by atoms with E-state index in [1.54, 1.807) is 0 Å². The summed E-state index contributed by atoms with van der Waals surface area (Å²) in [4.78, 5) is 65.5. The monoisotopic (exact) mass is 543 g/mol. The highest BCUT2D eigenvalue weighted by atomic mass is 16.4. The molecule has 0 rings (SSSR count). The number of primary amides is 1. The van der Waals surface area contributed by atoms with Gasteiger partial charge in [0, 0.05) is 13.0 Å². The van der Waals surface area contributed by atoms with E-state index in [4.69, 9.17) is 28.7 Å². The van der Waals surface area contributed by atoms with E-state index in [1.807, 2.05) is 13.8 Å². The Labute approximate surface area is 223 Å². The molecule has 4 atom stereocenters. The molecule has 0 saturated carbocycles. The average Bonchev–Trinajstić information content (AvgIpc) is 2.81. The molecule has 0 spiro atoms. The molecule has 0 aliphatic carbocycles. The predicted molar refractivity (Wildman–Crippen MR) is 142 cm³/mol. The van der Waals surface area contributed by atoms with Crippen molar-refractivity contribution in [1.82, 2.24) is 16.0 Å². The molecule has 0 heterocycles. The summed E-state index contributed by atoms with van der Waals surface area (Å²) in [5.74, 6) is -4.02. The van der Waals surface area contributed by atoms with Gasteiger partial charge >= 0.3 is 5.97 Å². The smallest absolute Gasteiger partial charge is 0.326 e. The predicted octanol–water partition coefficient (Wildman–Crippen LogP) is -2.65. The van der Waals surface area contributed by atoms with E-state index in [-0.39, 0.29) is 50.5 Å². The minimum atomic E-state index is -1.23. The Hall–Kier alpha value is -3.46. The molecular weight excluding hydrogens is 498 g/mol. The van der Waals surface area contributed by atoms with Crippen LogP contribution in [0.15, 0.2) is 4.99 Å². The van der Waals surface area contributed by atoms with Gasteiger partial charge in [-0.3, -0.25) is 24.2 Å². The highest BCUT2D eigenvalue weighted by Crippen LogP contribution is 2.08. The molecule has 0 bridgehead atoms. The van der Waals surface area contributed by atoms with Gasteiger partial charge in [-0.25, -0.2) is 4.79 Å². The lowest BCUT2D eigenvalue weighted by Crippen LogP contribution is -2.57. The van der Waals surface area contributed by atoms with E-state index >= 15 is 0 Å². The molecule has 0 saturated heterocycles. The number of carboxylic acid groups (broad SMARTS) is 1.